The van der Waals surface area contributed by atoms with Gasteiger partial charge in [-0.05, 0) is 43.0 Å². The van der Waals surface area contributed by atoms with Gasteiger partial charge < -0.3 is 10.2 Å². The molecule has 2 aromatic rings. The highest BCUT2D eigenvalue weighted by Crippen LogP contribution is 2.25. The van der Waals surface area contributed by atoms with Crippen LogP contribution in [0.3, 0.4) is 0 Å². The van der Waals surface area contributed by atoms with Crippen molar-refractivity contribution in [1.29, 1.82) is 0 Å². The Labute approximate surface area is 166 Å². The van der Waals surface area contributed by atoms with Gasteiger partial charge in [-0.2, -0.15) is 0 Å². The first kappa shape index (κ1) is 19.8. The van der Waals surface area contributed by atoms with Crippen LogP contribution in [-0.2, 0) is 9.59 Å². The van der Waals surface area contributed by atoms with Crippen LogP contribution in [-0.4, -0.2) is 46.3 Å². The summed E-state index contributed by atoms with van der Waals surface area (Å²) in [7, 11) is 0. The summed E-state index contributed by atoms with van der Waals surface area (Å²) in [5.74, 6) is 0.704. The molecule has 0 spiro atoms. The van der Waals surface area contributed by atoms with Crippen LogP contribution < -0.4 is 5.32 Å². The number of nitrogens with one attached hydrogen (secondary N) is 1. The lowest BCUT2D eigenvalue weighted by Gasteiger charge is -2.30. The SMILES string of the molecule is C[C@H]1CCCN(C(=O)CSCC(=O)Nc2nc(-c3ccc(F)cc3)cs2)C1. The predicted molar refractivity (Wildman–Crippen MR) is 108 cm³/mol. The van der Waals surface area contributed by atoms with Crippen molar-refractivity contribution in [3.05, 3.63) is 35.5 Å². The molecule has 0 radical (unpaired) electrons. The molecule has 0 unspecified atom stereocenters. The maximum absolute atomic E-state index is 13.0. The van der Waals surface area contributed by atoms with Crippen molar-refractivity contribution in [3.63, 3.8) is 0 Å². The maximum atomic E-state index is 13.0. The van der Waals surface area contributed by atoms with Crippen molar-refractivity contribution in [2.45, 2.75) is 19.8 Å². The molecule has 1 saturated heterocycles. The van der Waals surface area contributed by atoms with Crippen LogP contribution in [0, 0.1) is 11.7 Å². The Hall–Kier alpha value is -1.93. The normalized spacial score (nSPS) is 17.0. The summed E-state index contributed by atoms with van der Waals surface area (Å²) >= 11 is 2.64. The number of carbonyl (C=O) groups excluding carboxylic acids is 2. The van der Waals surface area contributed by atoms with E-state index < -0.39 is 0 Å². The highest BCUT2D eigenvalue weighted by Gasteiger charge is 2.20. The summed E-state index contributed by atoms with van der Waals surface area (Å²) in [6, 6.07) is 6.06. The monoisotopic (exact) mass is 407 g/mol. The van der Waals surface area contributed by atoms with Crippen LogP contribution in [0.4, 0.5) is 9.52 Å². The molecule has 1 aromatic carbocycles. The van der Waals surface area contributed by atoms with Crippen LogP contribution in [0.15, 0.2) is 29.6 Å². The number of hydrogen-bond donors (Lipinski definition) is 1. The molecule has 2 amide bonds. The Kier molecular flexibility index (Phi) is 6.84. The summed E-state index contributed by atoms with van der Waals surface area (Å²) in [5, 5.41) is 5.07. The first-order chi connectivity index (χ1) is 13.0. The number of aromatic nitrogens is 1. The van der Waals surface area contributed by atoms with Gasteiger partial charge in [-0.3, -0.25) is 9.59 Å². The second-order valence-electron chi connectivity index (χ2n) is 6.67. The van der Waals surface area contributed by atoms with Gasteiger partial charge in [-0.1, -0.05) is 6.92 Å². The number of thioether (sulfide) groups is 1. The number of anilines is 1. The van der Waals surface area contributed by atoms with E-state index in [9.17, 15) is 14.0 Å². The molecule has 3 rings (SSSR count). The van der Waals surface area contributed by atoms with E-state index >= 15 is 0 Å². The first-order valence-electron chi connectivity index (χ1n) is 8.88. The molecule has 1 N–H and O–H groups in total. The number of benzene rings is 1. The average molecular weight is 408 g/mol. The van der Waals surface area contributed by atoms with E-state index in [-0.39, 0.29) is 23.4 Å². The van der Waals surface area contributed by atoms with E-state index in [0.717, 1.165) is 25.1 Å². The molecular formula is C19H22FN3O2S2. The molecule has 144 valence electrons. The van der Waals surface area contributed by atoms with Crippen molar-refractivity contribution in [3.8, 4) is 11.3 Å². The largest absolute Gasteiger partial charge is 0.342 e. The lowest BCUT2D eigenvalue weighted by Crippen LogP contribution is -2.40. The minimum Gasteiger partial charge on any atom is -0.342 e. The maximum Gasteiger partial charge on any atom is 0.236 e. The van der Waals surface area contributed by atoms with Gasteiger partial charge in [-0.15, -0.1) is 23.1 Å². The second-order valence-corrected chi connectivity index (χ2v) is 8.52. The lowest BCUT2D eigenvalue weighted by atomic mass is 10.0. The highest BCUT2D eigenvalue weighted by atomic mass is 32.2. The van der Waals surface area contributed by atoms with E-state index in [4.69, 9.17) is 0 Å². The fourth-order valence-electron chi connectivity index (χ4n) is 2.98. The topological polar surface area (TPSA) is 62.3 Å². The molecule has 27 heavy (non-hydrogen) atoms. The number of hydrogen-bond acceptors (Lipinski definition) is 5. The van der Waals surface area contributed by atoms with Crippen LogP contribution in [0.1, 0.15) is 19.8 Å². The van der Waals surface area contributed by atoms with Gasteiger partial charge in [0.25, 0.3) is 0 Å². The molecule has 8 heteroatoms. The Morgan fingerprint density at radius 3 is 2.85 bits per heavy atom. The van der Waals surface area contributed by atoms with Crippen LogP contribution in [0.5, 0.6) is 0 Å². The van der Waals surface area contributed by atoms with Crippen molar-refractivity contribution in [2.24, 2.45) is 5.92 Å². The summed E-state index contributed by atoms with van der Waals surface area (Å²) in [4.78, 5) is 30.5. The van der Waals surface area contributed by atoms with E-state index in [2.05, 4.69) is 17.2 Å². The standard InChI is InChI=1S/C19H22FN3O2S2/c1-13-3-2-8-23(9-13)18(25)12-26-11-17(24)22-19-21-16(10-27-19)14-4-6-15(20)7-5-14/h4-7,10,13H,2-3,8-9,11-12H2,1H3,(H,21,22,24)/t13-/m0/s1. The minimum atomic E-state index is -0.298. The van der Waals surface area contributed by atoms with Gasteiger partial charge in [0.15, 0.2) is 5.13 Å². The number of amides is 2. The molecule has 1 aliphatic rings. The molecule has 0 saturated carbocycles. The number of carbonyl (C=O) groups is 2. The van der Waals surface area contributed by atoms with Gasteiger partial charge in [0.2, 0.25) is 11.8 Å². The zero-order valence-corrected chi connectivity index (χ0v) is 16.7. The van der Waals surface area contributed by atoms with Gasteiger partial charge in [-0.25, -0.2) is 9.37 Å². The minimum absolute atomic E-state index is 0.104. The molecule has 5 nitrogen and oxygen atoms in total. The van der Waals surface area contributed by atoms with Crippen LogP contribution in [0.25, 0.3) is 11.3 Å². The van der Waals surface area contributed by atoms with Crippen LogP contribution >= 0.6 is 23.1 Å². The molecule has 2 heterocycles. The summed E-state index contributed by atoms with van der Waals surface area (Å²) in [5.41, 5.74) is 1.49. The van der Waals surface area contributed by atoms with Crippen molar-refractivity contribution < 1.29 is 14.0 Å². The Morgan fingerprint density at radius 2 is 2.11 bits per heavy atom. The smallest absolute Gasteiger partial charge is 0.236 e. The highest BCUT2D eigenvalue weighted by molar-refractivity contribution is 8.00. The second kappa shape index (κ2) is 9.32. The molecule has 1 aliphatic heterocycles. The fraction of sp³-hybridized carbons (Fsp3) is 0.421. The summed E-state index contributed by atoms with van der Waals surface area (Å²) in [6.45, 7) is 3.80. The zero-order chi connectivity index (χ0) is 19.2. The average Bonchev–Trinajstić information content (AvgIpc) is 3.10. The molecule has 1 aromatic heterocycles. The Balaban J connectivity index is 1.43. The number of rotatable bonds is 6. The molecule has 1 atom stereocenters. The fourth-order valence-corrected chi connectivity index (χ4v) is 4.43. The third kappa shape index (κ3) is 5.77. The van der Waals surface area contributed by atoms with Crippen molar-refractivity contribution >= 4 is 40.0 Å². The van der Waals surface area contributed by atoms with Crippen LogP contribution in [0.2, 0.25) is 0 Å². The molecule has 1 fully saturated rings. The predicted octanol–water partition coefficient (Wildman–Crippen LogP) is 3.88. The quantitative estimate of drug-likeness (QED) is 0.789. The van der Waals surface area contributed by atoms with Crippen molar-refractivity contribution in [1.82, 2.24) is 9.88 Å². The molecule has 0 aliphatic carbocycles. The van der Waals surface area contributed by atoms with Gasteiger partial charge >= 0.3 is 0 Å². The number of likely N-dealkylation sites (tertiary alicyclic amines) is 1. The van der Waals surface area contributed by atoms with E-state index in [1.807, 2.05) is 10.3 Å². The number of thiazole rings is 1. The van der Waals surface area contributed by atoms with Crippen molar-refractivity contribution in [2.75, 3.05) is 29.9 Å². The summed E-state index contributed by atoms with van der Waals surface area (Å²) < 4.78 is 13.0. The first-order valence-corrected chi connectivity index (χ1v) is 10.9. The van der Waals surface area contributed by atoms with E-state index in [1.54, 1.807) is 12.1 Å². The lowest BCUT2D eigenvalue weighted by molar-refractivity contribution is -0.130. The zero-order valence-electron chi connectivity index (χ0n) is 15.1. The van der Waals surface area contributed by atoms with E-state index in [0.29, 0.717) is 22.5 Å². The number of piperidine rings is 1. The third-order valence-electron chi connectivity index (χ3n) is 4.36. The molecular weight excluding hydrogens is 385 g/mol. The number of nitrogens with zero attached hydrogens (tertiary/aromatic N) is 2. The van der Waals surface area contributed by atoms with E-state index in [1.165, 1.54) is 41.7 Å². The summed E-state index contributed by atoms with van der Waals surface area (Å²) in [6.07, 6.45) is 2.23. The molecule has 0 bridgehead atoms. The Morgan fingerprint density at radius 1 is 1.33 bits per heavy atom. The number of halogens is 1. The Bertz CT molecular complexity index is 795. The van der Waals surface area contributed by atoms with Gasteiger partial charge in [0.05, 0.1) is 17.2 Å². The van der Waals surface area contributed by atoms with Gasteiger partial charge in [0.1, 0.15) is 5.82 Å². The third-order valence-corrected chi connectivity index (χ3v) is 6.03. The van der Waals surface area contributed by atoms with Gasteiger partial charge in [0, 0.05) is 24.0 Å².